The van der Waals surface area contributed by atoms with Crippen LogP contribution in [0.1, 0.15) is 84.0 Å². The van der Waals surface area contributed by atoms with E-state index in [1.54, 1.807) is 0 Å². The van der Waals surface area contributed by atoms with E-state index >= 15 is 0 Å². The lowest BCUT2D eigenvalue weighted by Crippen LogP contribution is -2.05. The number of fused-ring (bicyclic) bond motifs is 6. The minimum Gasteiger partial charge on any atom is -0.491 e. The summed E-state index contributed by atoms with van der Waals surface area (Å²) < 4.78 is 17.0. The number of pyridine rings is 2. The SMILES string of the molecule is Cc1nccc2c3ccc(OC(C)C)cc3n(CCCCCCCCCn3c4cc(OC(C)C)ccc4c4ccnc(C)c43)c12. The van der Waals surface area contributed by atoms with E-state index in [9.17, 15) is 0 Å². The average molecular weight is 605 g/mol. The van der Waals surface area contributed by atoms with E-state index in [4.69, 9.17) is 9.47 Å². The highest BCUT2D eigenvalue weighted by atomic mass is 16.5. The van der Waals surface area contributed by atoms with Crippen molar-refractivity contribution in [2.45, 2.75) is 112 Å². The standard InChI is InChI=1S/C39H48N4O2/c1-26(2)44-30-14-16-32-34-18-20-40-28(5)38(34)42(36(32)24-30)22-12-10-8-7-9-11-13-23-43-37-25-31(45-27(3)4)15-17-33(37)35-19-21-41-29(6)39(35)43/h14-21,24-27H,7-13,22-23H2,1-6H3. The van der Waals surface area contributed by atoms with Crippen LogP contribution >= 0.6 is 0 Å². The second kappa shape index (κ2) is 13.5. The molecule has 4 aromatic heterocycles. The minimum absolute atomic E-state index is 0.156. The predicted molar refractivity (Wildman–Crippen MR) is 188 cm³/mol. The quantitative estimate of drug-likeness (QED) is 0.116. The fraction of sp³-hybridized carbons (Fsp3) is 0.436. The van der Waals surface area contributed by atoms with Gasteiger partial charge in [0.1, 0.15) is 11.5 Å². The van der Waals surface area contributed by atoms with Crippen molar-refractivity contribution in [1.82, 2.24) is 19.1 Å². The first-order chi connectivity index (χ1) is 21.8. The highest BCUT2D eigenvalue weighted by Gasteiger charge is 2.16. The zero-order chi connectivity index (χ0) is 31.5. The molecule has 6 heteroatoms. The van der Waals surface area contributed by atoms with Crippen LogP contribution in [0.25, 0.3) is 43.6 Å². The number of rotatable bonds is 14. The average Bonchev–Trinajstić information content (AvgIpc) is 3.49. The number of benzene rings is 2. The van der Waals surface area contributed by atoms with Gasteiger partial charge >= 0.3 is 0 Å². The Hall–Kier alpha value is -4.06. The first-order valence-electron chi connectivity index (χ1n) is 16.9. The lowest BCUT2D eigenvalue weighted by Gasteiger charge is -2.12. The molecule has 0 unspecified atom stereocenters. The van der Waals surface area contributed by atoms with Crippen LogP contribution in [0.5, 0.6) is 11.5 Å². The molecule has 0 aliphatic rings. The Labute approximate surface area is 267 Å². The van der Waals surface area contributed by atoms with Gasteiger partial charge in [-0.1, -0.05) is 32.1 Å². The maximum atomic E-state index is 6.04. The van der Waals surface area contributed by atoms with Gasteiger partial charge in [-0.25, -0.2) is 0 Å². The molecule has 0 atom stereocenters. The molecule has 0 aliphatic carbocycles. The molecule has 236 valence electrons. The van der Waals surface area contributed by atoms with Crippen molar-refractivity contribution >= 4 is 43.6 Å². The lowest BCUT2D eigenvalue weighted by atomic mass is 10.1. The third-order valence-corrected chi connectivity index (χ3v) is 8.86. The van der Waals surface area contributed by atoms with Crippen LogP contribution in [0.4, 0.5) is 0 Å². The van der Waals surface area contributed by atoms with E-state index in [0.29, 0.717) is 0 Å². The Morgan fingerprint density at radius 1 is 0.533 bits per heavy atom. The van der Waals surface area contributed by atoms with Gasteiger partial charge in [0.05, 0.1) is 45.7 Å². The Kier molecular flexibility index (Phi) is 9.29. The Morgan fingerprint density at radius 2 is 0.933 bits per heavy atom. The van der Waals surface area contributed by atoms with Gasteiger partial charge in [0.15, 0.2) is 0 Å². The highest BCUT2D eigenvalue weighted by Crippen LogP contribution is 2.35. The fourth-order valence-corrected chi connectivity index (χ4v) is 6.98. The van der Waals surface area contributed by atoms with Crippen LogP contribution in [0.2, 0.25) is 0 Å². The molecule has 0 saturated heterocycles. The molecule has 0 aliphatic heterocycles. The van der Waals surface area contributed by atoms with Crippen LogP contribution in [0, 0.1) is 13.8 Å². The third-order valence-electron chi connectivity index (χ3n) is 8.86. The number of hydrogen-bond donors (Lipinski definition) is 0. The summed E-state index contributed by atoms with van der Waals surface area (Å²) >= 11 is 0. The molecule has 6 aromatic rings. The molecule has 0 saturated carbocycles. The van der Waals surface area contributed by atoms with Crippen molar-refractivity contribution in [3.05, 3.63) is 72.3 Å². The molecular formula is C39H48N4O2. The van der Waals surface area contributed by atoms with Gasteiger partial charge in [-0.05, 0) is 90.8 Å². The van der Waals surface area contributed by atoms with Gasteiger partial charge in [-0.3, -0.25) is 9.97 Å². The zero-order valence-corrected chi connectivity index (χ0v) is 27.9. The van der Waals surface area contributed by atoms with Crippen molar-refractivity contribution in [1.29, 1.82) is 0 Å². The van der Waals surface area contributed by atoms with Gasteiger partial charge in [0.25, 0.3) is 0 Å². The second-order valence-corrected chi connectivity index (χ2v) is 13.1. The van der Waals surface area contributed by atoms with Crippen molar-refractivity contribution in [3.8, 4) is 11.5 Å². The Balaban J connectivity index is 1.04. The first kappa shape index (κ1) is 30.9. The maximum absolute atomic E-state index is 6.04. The molecule has 0 fully saturated rings. The van der Waals surface area contributed by atoms with Crippen LogP contribution in [-0.2, 0) is 13.1 Å². The second-order valence-electron chi connectivity index (χ2n) is 13.1. The summed E-state index contributed by atoms with van der Waals surface area (Å²) in [6.07, 6.45) is 12.8. The summed E-state index contributed by atoms with van der Waals surface area (Å²) in [7, 11) is 0. The van der Waals surface area contributed by atoms with E-state index < -0.39 is 0 Å². The fourth-order valence-electron chi connectivity index (χ4n) is 6.98. The zero-order valence-electron chi connectivity index (χ0n) is 27.9. The van der Waals surface area contributed by atoms with Gasteiger partial charge in [0.2, 0.25) is 0 Å². The molecule has 0 bridgehead atoms. The number of aromatic nitrogens is 4. The smallest absolute Gasteiger partial charge is 0.121 e. The van der Waals surface area contributed by atoms with Crippen molar-refractivity contribution in [2.75, 3.05) is 0 Å². The van der Waals surface area contributed by atoms with E-state index in [0.717, 1.165) is 48.8 Å². The summed E-state index contributed by atoms with van der Waals surface area (Å²) in [5.41, 5.74) is 7.19. The van der Waals surface area contributed by atoms with Gasteiger partial charge in [-0.15, -0.1) is 0 Å². The predicted octanol–water partition coefficient (Wildman–Crippen LogP) is 10.3. The molecule has 6 rings (SSSR count). The first-order valence-corrected chi connectivity index (χ1v) is 16.9. The normalized spacial score (nSPS) is 12.1. The molecule has 6 nitrogen and oxygen atoms in total. The lowest BCUT2D eigenvalue weighted by molar-refractivity contribution is 0.242. The summed E-state index contributed by atoms with van der Waals surface area (Å²) in [4.78, 5) is 9.26. The maximum Gasteiger partial charge on any atom is 0.121 e. The summed E-state index contributed by atoms with van der Waals surface area (Å²) in [6, 6.07) is 17.3. The molecule has 0 radical (unpaired) electrons. The van der Waals surface area contributed by atoms with E-state index in [2.05, 4.69) is 109 Å². The molecule has 0 spiro atoms. The molecule has 0 amide bonds. The largest absolute Gasteiger partial charge is 0.491 e. The number of unbranched alkanes of at least 4 members (excludes halogenated alkanes) is 6. The van der Waals surface area contributed by atoms with Gasteiger partial charge in [0, 0.05) is 59.2 Å². The van der Waals surface area contributed by atoms with Crippen molar-refractivity contribution < 1.29 is 9.47 Å². The molecule has 45 heavy (non-hydrogen) atoms. The number of ether oxygens (including phenoxy) is 2. The highest BCUT2D eigenvalue weighted by molar-refractivity contribution is 6.09. The third kappa shape index (κ3) is 6.51. The van der Waals surface area contributed by atoms with Crippen molar-refractivity contribution in [3.63, 3.8) is 0 Å². The Bertz CT molecular complexity index is 1790. The van der Waals surface area contributed by atoms with E-state index in [1.165, 1.54) is 75.7 Å². The topological polar surface area (TPSA) is 54.1 Å². The minimum atomic E-state index is 0.156. The molecule has 2 aromatic carbocycles. The number of nitrogens with zero attached hydrogens (tertiary/aromatic N) is 4. The van der Waals surface area contributed by atoms with Crippen LogP contribution in [0.3, 0.4) is 0 Å². The van der Waals surface area contributed by atoms with Gasteiger partial charge < -0.3 is 18.6 Å². The molecular weight excluding hydrogens is 556 g/mol. The van der Waals surface area contributed by atoms with Crippen LogP contribution < -0.4 is 9.47 Å². The van der Waals surface area contributed by atoms with Gasteiger partial charge in [-0.2, -0.15) is 0 Å². The molecule has 4 heterocycles. The van der Waals surface area contributed by atoms with E-state index in [1.807, 2.05) is 12.4 Å². The molecule has 0 N–H and O–H groups in total. The van der Waals surface area contributed by atoms with E-state index in [-0.39, 0.29) is 12.2 Å². The Morgan fingerprint density at radius 3 is 1.33 bits per heavy atom. The number of aryl methyl sites for hydroxylation is 4. The number of hydrogen-bond acceptors (Lipinski definition) is 4. The summed E-state index contributed by atoms with van der Waals surface area (Å²) in [5, 5.41) is 5.13. The van der Waals surface area contributed by atoms with Crippen molar-refractivity contribution in [2.24, 2.45) is 0 Å². The summed E-state index contributed by atoms with van der Waals surface area (Å²) in [6.45, 7) is 14.6. The van der Waals surface area contributed by atoms with Crippen LogP contribution in [0.15, 0.2) is 60.9 Å². The van der Waals surface area contributed by atoms with Crippen LogP contribution in [-0.4, -0.2) is 31.3 Å². The summed E-state index contributed by atoms with van der Waals surface area (Å²) in [5.74, 6) is 1.87. The monoisotopic (exact) mass is 604 g/mol.